The van der Waals surface area contributed by atoms with E-state index in [1.54, 1.807) is 0 Å². The van der Waals surface area contributed by atoms with Crippen molar-refractivity contribution >= 4 is 23.4 Å². The van der Waals surface area contributed by atoms with Crippen LogP contribution in [0.4, 0.5) is 0 Å². The molecule has 1 aliphatic carbocycles. The van der Waals surface area contributed by atoms with Crippen molar-refractivity contribution in [2.24, 2.45) is 10.8 Å². The van der Waals surface area contributed by atoms with Gasteiger partial charge in [-0.2, -0.15) is 0 Å². The van der Waals surface area contributed by atoms with Crippen molar-refractivity contribution < 1.29 is 14.3 Å². The Morgan fingerprint density at radius 2 is 1.63 bits per heavy atom. The third-order valence-electron chi connectivity index (χ3n) is 6.00. The van der Waals surface area contributed by atoms with Crippen LogP contribution in [0, 0.1) is 24.7 Å². The summed E-state index contributed by atoms with van der Waals surface area (Å²) in [5.74, 6) is -0.0746. The number of carbonyl (C=O) groups is 2. The van der Waals surface area contributed by atoms with Gasteiger partial charge in [0.25, 0.3) is 0 Å². The molecule has 0 radical (unpaired) electrons. The third-order valence-corrected chi connectivity index (χ3v) is 6.22. The van der Waals surface area contributed by atoms with Crippen LogP contribution in [0.2, 0.25) is 5.02 Å². The summed E-state index contributed by atoms with van der Waals surface area (Å²) in [7, 11) is 0. The fourth-order valence-electron chi connectivity index (χ4n) is 4.06. The molecular weight excluding hydrogens is 360 g/mol. The molecule has 2 rings (SSSR count). The van der Waals surface area contributed by atoms with Gasteiger partial charge in [0.05, 0.1) is 12.0 Å². The first-order valence-corrected chi connectivity index (χ1v) is 10.4. The number of esters is 1. The van der Waals surface area contributed by atoms with Crippen LogP contribution in [-0.2, 0) is 20.7 Å². The molecule has 150 valence electrons. The van der Waals surface area contributed by atoms with E-state index in [-0.39, 0.29) is 23.6 Å². The smallest absolute Gasteiger partial charge is 0.312 e. The van der Waals surface area contributed by atoms with E-state index in [4.69, 9.17) is 16.3 Å². The second-order valence-electron chi connectivity index (χ2n) is 8.99. The lowest BCUT2D eigenvalue weighted by atomic mass is 9.63. The molecule has 1 aromatic carbocycles. The van der Waals surface area contributed by atoms with Crippen LogP contribution in [0.15, 0.2) is 12.1 Å². The Morgan fingerprint density at radius 3 is 2.15 bits per heavy atom. The van der Waals surface area contributed by atoms with E-state index in [0.29, 0.717) is 18.1 Å². The van der Waals surface area contributed by atoms with Crippen LogP contribution in [0.5, 0.6) is 0 Å². The number of aryl methyl sites for hydroxylation is 2. The average Bonchev–Trinajstić information content (AvgIpc) is 2.58. The molecule has 0 saturated heterocycles. The van der Waals surface area contributed by atoms with Crippen LogP contribution in [0.1, 0.15) is 76.0 Å². The van der Waals surface area contributed by atoms with Crippen molar-refractivity contribution in [1.29, 1.82) is 0 Å². The maximum Gasteiger partial charge on any atom is 0.312 e. The molecule has 1 fully saturated rings. The summed E-state index contributed by atoms with van der Waals surface area (Å²) in [5, 5.41) is 0.690. The highest BCUT2D eigenvalue weighted by Crippen LogP contribution is 2.48. The molecule has 0 aliphatic heterocycles. The minimum atomic E-state index is -0.657. The summed E-state index contributed by atoms with van der Waals surface area (Å²) >= 11 is 6.11. The number of ketones is 1. The Morgan fingerprint density at radius 1 is 1.07 bits per heavy atom. The maximum atomic E-state index is 13.0. The van der Waals surface area contributed by atoms with Gasteiger partial charge in [-0.05, 0) is 80.2 Å². The Bertz CT molecular complexity index is 673. The molecule has 0 atom stereocenters. The minimum absolute atomic E-state index is 0.108. The van der Waals surface area contributed by atoms with E-state index >= 15 is 0 Å². The predicted molar refractivity (Wildman–Crippen MR) is 110 cm³/mol. The second-order valence-corrected chi connectivity index (χ2v) is 9.43. The molecule has 0 amide bonds. The Hall–Kier alpha value is -1.35. The van der Waals surface area contributed by atoms with E-state index < -0.39 is 5.41 Å². The van der Waals surface area contributed by atoms with Gasteiger partial charge in [0.1, 0.15) is 5.78 Å². The van der Waals surface area contributed by atoms with Gasteiger partial charge in [0.2, 0.25) is 0 Å². The highest BCUT2D eigenvalue weighted by Gasteiger charge is 2.46. The van der Waals surface area contributed by atoms with Crippen molar-refractivity contribution in [1.82, 2.24) is 0 Å². The molecule has 0 aromatic heterocycles. The lowest BCUT2D eigenvalue weighted by molar-refractivity contribution is -0.161. The number of rotatable bonds is 7. The summed E-state index contributed by atoms with van der Waals surface area (Å²) < 4.78 is 5.51. The van der Waals surface area contributed by atoms with Gasteiger partial charge in [-0.1, -0.05) is 32.4 Å². The van der Waals surface area contributed by atoms with E-state index in [2.05, 4.69) is 13.8 Å². The molecule has 1 saturated carbocycles. The van der Waals surface area contributed by atoms with Crippen molar-refractivity contribution in [3.8, 4) is 0 Å². The number of benzene rings is 1. The zero-order valence-corrected chi connectivity index (χ0v) is 18.2. The van der Waals surface area contributed by atoms with E-state index in [1.807, 2.05) is 32.9 Å². The first kappa shape index (κ1) is 21.9. The highest BCUT2D eigenvalue weighted by atomic mass is 35.5. The molecule has 27 heavy (non-hydrogen) atoms. The summed E-state index contributed by atoms with van der Waals surface area (Å²) in [6.07, 6.45) is 4.76. The molecule has 0 N–H and O–H groups in total. The van der Waals surface area contributed by atoms with Gasteiger partial charge in [-0.15, -0.1) is 0 Å². The number of halogens is 1. The number of Topliss-reactive ketones (excluding diaryl/α,β-unsaturated/α-hetero) is 1. The summed E-state index contributed by atoms with van der Waals surface area (Å²) in [6.45, 7) is 10.8. The standard InChI is InChI=1S/C23H33ClO3/c1-6-11-27-21(26)23(9-7-22(4,5)8-10-23)15-19(25)14-20-16(2)12-18(24)13-17(20)3/h12-13H,6-11,14-15H2,1-5H3. The predicted octanol–water partition coefficient (Wildman–Crippen LogP) is 6.00. The van der Waals surface area contributed by atoms with Crippen molar-refractivity contribution in [3.05, 3.63) is 33.8 Å². The average molecular weight is 393 g/mol. The molecule has 0 bridgehead atoms. The lowest BCUT2D eigenvalue weighted by Gasteiger charge is -2.41. The number of hydrogen-bond donors (Lipinski definition) is 0. The largest absolute Gasteiger partial charge is 0.465 e. The fraction of sp³-hybridized carbons (Fsp3) is 0.652. The number of ether oxygens (including phenoxy) is 1. The third kappa shape index (κ3) is 5.57. The van der Waals surface area contributed by atoms with E-state index in [1.165, 1.54) is 0 Å². The van der Waals surface area contributed by atoms with Gasteiger partial charge >= 0.3 is 5.97 Å². The molecule has 1 aliphatic rings. The first-order chi connectivity index (χ1) is 12.6. The Kier molecular flexibility index (Phi) is 7.13. The normalized spacial score (nSPS) is 18.1. The van der Waals surface area contributed by atoms with Crippen molar-refractivity contribution in [3.63, 3.8) is 0 Å². The van der Waals surface area contributed by atoms with Crippen molar-refractivity contribution in [2.45, 2.75) is 79.6 Å². The van der Waals surface area contributed by atoms with Gasteiger partial charge < -0.3 is 4.74 Å². The first-order valence-electron chi connectivity index (χ1n) is 10.0. The lowest BCUT2D eigenvalue weighted by Crippen LogP contribution is -2.41. The summed E-state index contributed by atoms with van der Waals surface area (Å²) in [4.78, 5) is 25.8. The van der Waals surface area contributed by atoms with Gasteiger partial charge in [-0.25, -0.2) is 0 Å². The number of hydrogen-bond acceptors (Lipinski definition) is 3. The summed E-state index contributed by atoms with van der Waals surface area (Å²) in [6, 6.07) is 3.79. The molecule has 0 heterocycles. The molecule has 0 spiro atoms. The van der Waals surface area contributed by atoms with Crippen LogP contribution in [0.25, 0.3) is 0 Å². The van der Waals surface area contributed by atoms with Gasteiger partial charge in [0, 0.05) is 17.9 Å². The zero-order valence-electron chi connectivity index (χ0n) is 17.4. The molecule has 4 heteroatoms. The SMILES string of the molecule is CCCOC(=O)C1(CC(=O)Cc2c(C)cc(Cl)cc2C)CCC(C)(C)CC1. The molecule has 3 nitrogen and oxygen atoms in total. The van der Waals surface area contributed by atoms with Gasteiger partial charge in [0.15, 0.2) is 0 Å². The fourth-order valence-corrected chi connectivity index (χ4v) is 4.39. The second kappa shape index (κ2) is 8.77. The zero-order chi connectivity index (χ0) is 20.2. The van der Waals surface area contributed by atoms with E-state index in [9.17, 15) is 9.59 Å². The maximum absolute atomic E-state index is 13.0. The van der Waals surface area contributed by atoms with Crippen LogP contribution in [0.3, 0.4) is 0 Å². The van der Waals surface area contributed by atoms with E-state index in [0.717, 1.165) is 48.8 Å². The minimum Gasteiger partial charge on any atom is -0.465 e. The van der Waals surface area contributed by atoms with Crippen molar-refractivity contribution in [2.75, 3.05) is 6.61 Å². The topological polar surface area (TPSA) is 43.4 Å². The molecular formula is C23H33ClO3. The monoisotopic (exact) mass is 392 g/mol. The summed E-state index contributed by atoms with van der Waals surface area (Å²) in [5.41, 5.74) is 2.65. The Balaban J connectivity index is 2.18. The van der Waals surface area contributed by atoms with Crippen LogP contribution in [-0.4, -0.2) is 18.4 Å². The number of carbonyl (C=O) groups excluding carboxylic acids is 2. The molecule has 1 aromatic rings. The van der Waals surface area contributed by atoms with Gasteiger partial charge in [-0.3, -0.25) is 9.59 Å². The Labute approximate surface area is 168 Å². The highest BCUT2D eigenvalue weighted by molar-refractivity contribution is 6.30. The van der Waals surface area contributed by atoms with Crippen LogP contribution < -0.4 is 0 Å². The molecule has 0 unspecified atom stereocenters. The van der Waals surface area contributed by atoms with Crippen LogP contribution >= 0.6 is 11.6 Å². The quantitative estimate of drug-likeness (QED) is 0.534.